The minimum absolute atomic E-state index is 0.0106. The summed E-state index contributed by atoms with van der Waals surface area (Å²) < 4.78 is 26.8. The average molecular weight is 456 g/mol. The number of hydrogen-bond donors (Lipinski definition) is 1. The van der Waals surface area contributed by atoms with Gasteiger partial charge >= 0.3 is 0 Å². The molecule has 1 N–H and O–H groups in total. The second kappa shape index (κ2) is 9.91. The summed E-state index contributed by atoms with van der Waals surface area (Å²) in [5.41, 5.74) is 1.27. The fourth-order valence-electron chi connectivity index (χ4n) is 3.17. The molecule has 1 saturated heterocycles. The van der Waals surface area contributed by atoms with Gasteiger partial charge in [-0.25, -0.2) is 8.42 Å². The Kier molecular flexibility index (Phi) is 7.54. The quantitative estimate of drug-likeness (QED) is 0.693. The number of carbonyl (C=O) groups is 1. The molecule has 0 spiro atoms. The van der Waals surface area contributed by atoms with Crippen molar-refractivity contribution in [3.8, 4) is 0 Å². The minimum Gasteiger partial charge on any atom is -0.325 e. The largest absolute Gasteiger partial charge is 0.325 e. The molecule has 0 unspecified atom stereocenters. The van der Waals surface area contributed by atoms with Gasteiger partial charge in [-0.1, -0.05) is 53.5 Å². The Morgan fingerprint density at radius 3 is 2.38 bits per heavy atom. The van der Waals surface area contributed by atoms with Crippen molar-refractivity contribution in [1.29, 1.82) is 0 Å². The zero-order chi connectivity index (χ0) is 20.9. The van der Waals surface area contributed by atoms with E-state index in [0.717, 1.165) is 5.56 Å². The van der Waals surface area contributed by atoms with Crippen LogP contribution in [-0.2, 0) is 20.6 Å². The van der Waals surface area contributed by atoms with Crippen molar-refractivity contribution in [2.75, 3.05) is 38.0 Å². The van der Waals surface area contributed by atoms with Crippen molar-refractivity contribution >= 4 is 44.8 Å². The molecule has 2 aromatic rings. The second-order valence-corrected chi connectivity index (χ2v) is 9.72. The fraction of sp³-hybridized carbons (Fsp3) is 0.350. The summed E-state index contributed by atoms with van der Waals surface area (Å²) in [6.07, 6.45) is 0.291. The number of sulfonamides is 1. The van der Waals surface area contributed by atoms with Crippen LogP contribution >= 0.6 is 23.2 Å². The maximum atomic E-state index is 12.6. The summed E-state index contributed by atoms with van der Waals surface area (Å²) in [7, 11) is -3.34. The van der Waals surface area contributed by atoms with E-state index in [2.05, 4.69) is 10.2 Å². The van der Waals surface area contributed by atoms with Crippen molar-refractivity contribution in [3.05, 3.63) is 64.1 Å². The third-order valence-electron chi connectivity index (χ3n) is 4.77. The molecule has 156 valence electrons. The number of anilines is 1. The van der Waals surface area contributed by atoms with Crippen molar-refractivity contribution < 1.29 is 13.2 Å². The first-order chi connectivity index (χ1) is 13.8. The molecular formula is C20H23Cl2N3O3S. The molecule has 0 radical (unpaired) electrons. The molecule has 0 aliphatic carbocycles. The van der Waals surface area contributed by atoms with Gasteiger partial charge in [0.2, 0.25) is 15.9 Å². The Hall–Kier alpha value is -1.64. The summed E-state index contributed by atoms with van der Waals surface area (Å²) in [6, 6.07) is 14.1. The Bertz CT molecular complexity index is 947. The van der Waals surface area contributed by atoms with E-state index in [4.69, 9.17) is 23.2 Å². The second-order valence-electron chi connectivity index (χ2n) is 6.90. The number of halogens is 2. The molecule has 0 bridgehead atoms. The van der Waals surface area contributed by atoms with E-state index in [1.54, 1.807) is 18.2 Å². The Morgan fingerprint density at radius 1 is 1.00 bits per heavy atom. The normalized spacial score (nSPS) is 15.9. The number of hydrogen-bond acceptors (Lipinski definition) is 4. The standard InChI is InChI=1S/C20H23Cl2N3O3S/c21-17-6-7-18(22)19(14-17)23-20(26)8-9-24-10-12-25(13-11-24)29(27,28)15-16-4-2-1-3-5-16/h1-7,14H,8-13,15H2,(H,23,26). The predicted molar refractivity (Wildman–Crippen MR) is 117 cm³/mol. The van der Waals surface area contributed by atoms with Gasteiger partial charge in [0.25, 0.3) is 0 Å². The van der Waals surface area contributed by atoms with Gasteiger partial charge in [-0.3, -0.25) is 4.79 Å². The first-order valence-electron chi connectivity index (χ1n) is 9.32. The van der Waals surface area contributed by atoms with E-state index in [-0.39, 0.29) is 11.7 Å². The highest BCUT2D eigenvalue weighted by Crippen LogP contribution is 2.25. The fourth-order valence-corrected chi connectivity index (χ4v) is 5.03. The van der Waals surface area contributed by atoms with Gasteiger partial charge in [0.1, 0.15) is 0 Å². The summed E-state index contributed by atoms with van der Waals surface area (Å²) in [6.45, 7) is 2.60. The van der Waals surface area contributed by atoms with E-state index < -0.39 is 10.0 Å². The highest BCUT2D eigenvalue weighted by Gasteiger charge is 2.27. The average Bonchev–Trinajstić information content (AvgIpc) is 2.70. The topological polar surface area (TPSA) is 69.7 Å². The molecule has 9 heteroatoms. The van der Waals surface area contributed by atoms with Crippen LogP contribution in [0, 0.1) is 0 Å². The molecule has 0 atom stereocenters. The number of benzene rings is 2. The minimum atomic E-state index is -3.34. The van der Waals surface area contributed by atoms with Gasteiger partial charge in [-0.05, 0) is 23.8 Å². The zero-order valence-electron chi connectivity index (χ0n) is 15.9. The molecule has 1 amide bonds. The summed E-state index contributed by atoms with van der Waals surface area (Å²) in [5.74, 6) is -0.148. The van der Waals surface area contributed by atoms with Crippen molar-refractivity contribution in [2.24, 2.45) is 0 Å². The third-order valence-corrected chi connectivity index (χ3v) is 7.19. The van der Waals surface area contributed by atoms with Gasteiger partial charge in [0, 0.05) is 44.2 Å². The smallest absolute Gasteiger partial charge is 0.225 e. The van der Waals surface area contributed by atoms with Crippen LogP contribution in [0.3, 0.4) is 0 Å². The van der Waals surface area contributed by atoms with Gasteiger partial charge in [0.15, 0.2) is 0 Å². The Labute approximate surface area is 181 Å². The van der Waals surface area contributed by atoms with Crippen molar-refractivity contribution in [3.63, 3.8) is 0 Å². The number of carbonyl (C=O) groups excluding carboxylic acids is 1. The zero-order valence-corrected chi connectivity index (χ0v) is 18.2. The van der Waals surface area contributed by atoms with Crippen LogP contribution in [0.4, 0.5) is 5.69 Å². The molecule has 1 heterocycles. The molecule has 0 saturated carbocycles. The molecular weight excluding hydrogens is 433 g/mol. The Morgan fingerprint density at radius 2 is 1.69 bits per heavy atom. The monoisotopic (exact) mass is 455 g/mol. The van der Waals surface area contributed by atoms with Crippen LogP contribution in [-0.4, -0.2) is 56.3 Å². The summed E-state index contributed by atoms with van der Waals surface area (Å²) in [5, 5.41) is 3.69. The van der Waals surface area contributed by atoms with Crippen LogP contribution in [0.5, 0.6) is 0 Å². The molecule has 2 aromatic carbocycles. The van der Waals surface area contributed by atoms with E-state index in [0.29, 0.717) is 54.9 Å². The molecule has 1 aliphatic heterocycles. The van der Waals surface area contributed by atoms with Crippen LogP contribution in [0.1, 0.15) is 12.0 Å². The molecule has 3 rings (SSSR count). The maximum absolute atomic E-state index is 12.6. The molecule has 6 nitrogen and oxygen atoms in total. The van der Waals surface area contributed by atoms with E-state index in [1.165, 1.54) is 4.31 Å². The first kappa shape index (κ1) is 22.1. The number of rotatable bonds is 7. The number of nitrogens with one attached hydrogen (secondary N) is 1. The van der Waals surface area contributed by atoms with Gasteiger partial charge in [-0.2, -0.15) is 4.31 Å². The van der Waals surface area contributed by atoms with Crippen LogP contribution < -0.4 is 5.32 Å². The lowest BCUT2D eigenvalue weighted by atomic mass is 10.2. The van der Waals surface area contributed by atoms with E-state index in [9.17, 15) is 13.2 Å². The Balaban J connectivity index is 1.45. The lowest BCUT2D eigenvalue weighted by Crippen LogP contribution is -2.49. The molecule has 0 aromatic heterocycles. The summed E-state index contributed by atoms with van der Waals surface area (Å²) in [4.78, 5) is 14.3. The van der Waals surface area contributed by atoms with Gasteiger partial charge in [-0.15, -0.1) is 0 Å². The number of piperazine rings is 1. The lowest BCUT2D eigenvalue weighted by molar-refractivity contribution is -0.116. The van der Waals surface area contributed by atoms with Crippen molar-refractivity contribution in [1.82, 2.24) is 9.21 Å². The van der Waals surface area contributed by atoms with E-state index in [1.807, 2.05) is 30.3 Å². The SMILES string of the molecule is O=C(CCN1CCN(S(=O)(=O)Cc2ccccc2)CC1)Nc1cc(Cl)ccc1Cl. The van der Waals surface area contributed by atoms with Crippen LogP contribution in [0.2, 0.25) is 10.0 Å². The summed E-state index contributed by atoms with van der Waals surface area (Å²) >= 11 is 12.0. The highest BCUT2D eigenvalue weighted by atomic mass is 35.5. The van der Waals surface area contributed by atoms with Gasteiger partial charge in [0.05, 0.1) is 16.5 Å². The van der Waals surface area contributed by atoms with Gasteiger partial charge < -0.3 is 10.2 Å². The van der Waals surface area contributed by atoms with Crippen LogP contribution in [0.15, 0.2) is 48.5 Å². The third kappa shape index (κ3) is 6.42. The van der Waals surface area contributed by atoms with Crippen LogP contribution in [0.25, 0.3) is 0 Å². The first-order valence-corrected chi connectivity index (χ1v) is 11.7. The maximum Gasteiger partial charge on any atom is 0.225 e. The van der Waals surface area contributed by atoms with Crippen molar-refractivity contribution in [2.45, 2.75) is 12.2 Å². The van der Waals surface area contributed by atoms with E-state index >= 15 is 0 Å². The highest BCUT2D eigenvalue weighted by molar-refractivity contribution is 7.88. The predicted octanol–water partition coefficient (Wildman–Crippen LogP) is 3.47. The lowest BCUT2D eigenvalue weighted by Gasteiger charge is -2.33. The molecule has 1 aliphatic rings. The number of amides is 1. The molecule has 1 fully saturated rings. The number of nitrogens with zero attached hydrogens (tertiary/aromatic N) is 2. The molecule has 29 heavy (non-hydrogen) atoms.